The van der Waals surface area contributed by atoms with Crippen LogP contribution in [-0.2, 0) is 0 Å². The Morgan fingerprint density at radius 3 is 2.69 bits per heavy atom. The smallest absolute Gasteiger partial charge is 0.263 e. The number of nitrogens with two attached hydrogens (primary N) is 1. The Bertz CT molecular complexity index is 377. The molecule has 1 aliphatic rings. The van der Waals surface area contributed by atoms with E-state index in [1.165, 1.54) is 11.3 Å². The fourth-order valence-electron chi connectivity index (χ4n) is 1.82. The van der Waals surface area contributed by atoms with E-state index in [2.05, 4.69) is 15.9 Å². The standard InChI is InChI=1S/C11H15BrN2OS/c1-7-6-9(16-10(7)12)11(15)14-4-2-8(13)3-5-14/h6,8H,2-5,13H2,1H3. The molecule has 2 rings (SSSR count). The first kappa shape index (κ1) is 12.1. The average Bonchev–Trinajstić information content (AvgIpc) is 2.59. The van der Waals surface area contributed by atoms with Gasteiger partial charge in [0.1, 0.15) is 0 Å². The summed E-state index contributed by atoms with van der Waals surface area (Å²) < 4.78 is 1.05. The first-order chi connectivity index (χ1) is 7.58. The maximum absolute atomic E-state index is 12.1. The quantitative estimate of drug-likeness (QED) is 0.866. The molecule has 0 saturated carbocycles. The molecule has 0 radical (unpaired) electrons. The Labute approximate surface area is 108 Å². The molecule has 0 atom stereocenters. The Morgan fingerprint density at radius 1 is 1.56 bits per heavy atom. The molecule has 88 valence electrons. The number of carbonyl (C=O) groups is 1. The number of amides is 1. The van der Waals surface area contributed by atoms with Gasteiger partial charge in [0.25, 0.3) is 5.91 Å². The lowest BCUT2D eigenvalue weighted by atomic mass is 10.1. The normalized spacial score (nSPS) is 17.8. The van der Waals surface area contributed by atoms with E-state index < -0.39 is 0 Å². The van der Waals surface area contributed by atoms with Crippen LogP contribution >= 0.6 is 27.3 Å². The van der Waals surface area contributed by atoms with Crippen LogP contribution in [0.5, 0.6) is 0 Å². The van der Waals surface area contributed by atoms with Gasteiger partial charge in [-0.25, -0.2) is 0 Å². The van der Waals surface area contributed by atoms with Crippen molar-refractivity contribution in [3.63, 3.8) is 0 Å². The first-order valence-corrected chi connectivity index (χ1v) is 6.99. The van der Waals surface area contributed by atoms with Crippen LogP contribution in [-0.4, -0.2) is 29.9 Å². The average molecular weight is 303 g/mol. The molecule has 5 heteroatoms. The predicted molar refractivity (Wildman–Crippen MR) is 69.9 cm³/mol. The summed E-state index contributed by atoms with van der Waals surface area (Å²) in [4.78, 5) is 14.9. The van der Waals surface area contributed by atoms with Crippen LogP contribution in [0.15, 0.2) is 9.85 Å². The molecule has 0 unspecified atom stereocenters. The van der Waals surface area contributed by atoms with Crippen LogP contribution in [0.25, 0.3) is 0 Å². The number of hydrogen-bond acceptors (Lipinski definition) is 3. The summed E-state index contributed by atoms with van der Waals surface area (Å²) in [7, 11) is 0. The number of thiophene rings is 1. The number of nitrogens with zero attached hydrogens (tertiary/aromatic N) is 1. The van der Waals surface area contributed by atoms with Crippen molar-refractivity contribution in [1.82, 2.24) is 4.90 Å². The van der Waals surface area contributed by atoms with Crippen molar-refractivity contribution in [2.24, 2.45) is 5.73 Å². The minimum absolute atomic E-state index is 0.144. The van der Waals surface area contributed by atoms with Gasteiger partial charge in [0, 0.05) is 19.1 Å². The molecule has 0 bridgehead atoms. The highest BCUT2D eigenvalue weighted by atomic mass is 79.9. The second-order valence-corrected chi connectivity index (χ2v) is 6.57. The van der Waals surface area contributed by atoms with Crippen molar-refractivity contribution in [3.8, 4) is 0 Å². The number of piperidine rings is 1. The minimum atomic E-state index is 0.144. The Kier molecular flexibility index (Phi) is 3.66. The number of hydrogen-bond donors (Lipinski definition) is 1. The molecule has 3 nitrogen and oxygen atoms in total. The largest absolute Gasteiger partial charge is 0.338 e. The number of rotatable bonds is 1. The van der Waals surface area contributed by atoms with Crippen molar-refractivity contribution in [1.29, 1.82) is 0 Å². The highest BCUT2D eigenvalue weighted by Gasteiger charge is 2.23. The van der Waals surface area contributed by atoms with Crippen LogP contribution in [0.1, 0.15) is 28.1 Å². The van der Waals surface area contributed by atoms with Crippen molar-refractivity contribution < 1.29 is 4.79 Å². The second kappa shape index (κ2) is 4.85. The van der Waals surface area contributed by atoms with E-state index >= 15 is 0 Å². The molecule has 1 fully saturated rings. The topological polar surface area (TPSA) is 46.3 Å². The Balaban J connectivity index is 2.07. The van der Waals surface area contributed by atoms with Crippen molar-refractivity contribution in [3.05, 3.63) is 20.3 Å². The third kappa shape index (κ3) is 2.47. The Morgan fingerprint density at radius 2 is 2.19 bits per heavy atom. The van der Waals surface area contributed by atoms with Gasteiger partial charge in [-0.15, -0.1) is 11.3 Å². The zero-order chi connectivity index (χ0) is 11.7. The van der Waals surface area contributed by atoms with Crippen molar-refractivity contribution in [2.45, 2.75) is 25.8 Å². The van der Waals surface area contributed by atoms with E-state index in [9.17, 15) is 4.79 Å². The summed E-state index contributed by atoms with van der Waals surface area (Å²) in [5.74, 6) is 0.144. The van der Waals surface area contributed by atoms with Crippen LogP contribution in [0.2, 0.25) is 0 Å². The van der Waals surface area contributed by atoms with Crippen LogP contribution in [0.4, 0.5) is 0 Å². The minimum Gasteiger partial charge on any atom is -0.338 e. The molecule has 1 aromatic rings. The zero-order valence-electron chi connectivity index (χ0n) is 9.20. The van der Waals surface area contributed by atoms with Crippen molar-refractivity contribution >= 4 is 33.2 Å². The SMILES string of the molecule is Cc1cc(C(=O)N2CCC(N)CC2)sc1Br. The third-order valence-corrected chi connectivity index (χ3v) is 5.02. The lowest BCUT2D eigenvalue weighted by Gasteiger charge is -2.29. The fraction of sp³-hybridized carbons (Fsp3) is 0.545. The summed E-state index contributed by atoms with van der Waals surface area (Å²) in [6, 6.07) is 2.21. The van der Waals surface area contributed by atoms with Gasteiger partial charge >= 0.3 is 0 Å². The molecule has 1 saturated heterocycles. The van der Waals surface area contributed by atoms with Crippen LogP contribution in [0, 0.1) is 6.92 Å². The van der Waals surface area contributed by atoms with E-state index in [0.29, 0.717) is 0 Å². The Hall–Kier alpha value is -0.390. The molecule has 1 aromatic heterocycles. The highest BCUT2D eigenvalue weighted by molar-refractivity contribution is 9.11. The molecule has 0 spiro atoms. The summed E-state index contributed by atoms with van der Waals surface area (Å²) >= 11 is 4.96. The molecular weight excluding hydrogens is 288 g/mol. The molecule has 1 amide bonds. The second-order valence-electron chi connectivity index (χ2n) is 4.20. The van der Waals surface area contributed by atoms with Gasteiger partial charge in [-0.1, -0.05) is 0 Å². The molecular formula is C11H15BrN2OS. The van der Waals surface area contributed by atoms with Gasteiger partial charge < -0.3 is 10.6 Å². The molecule has 2 N–H and O–H groups in total. The number of halogens is 1. The molecule has 16 heavy (non-hydrogen) atoms. The van der Waals surface area contributed by atoms with E-state index in [1.54, 1.807) is 0 Å². The monoisotopic (exact) mass is 302 g/mol. The van der Waals surface area contributed by atoms with Gasteiger partial charge in [-0.2, -0.15) is 0 Å². The summed E-state index contributed by atoms with van der Waals surface area (Å²) in [5, 5.41) is 0. The number of likely N-dealkylation sites (tertiary alicyclic amines) is 1. The van der Waals surface area contributed by atoms with Gasteiger partial charge in [-0.3, -0.25) is 4.79 Å². The zero-order valence-corrected chi connectivity index (χ0v) is 11.6. The van der Waals surface area contributed by atoms with E-state index in [0.717, 1.165) is 40.2 Å². The lowest BCUT2D eigenvalue weighted by molar-refractivity contribution is 0.0719. The number of carbonyl (C=O) groups excluding carboxylic acids is 1. The van der Waals surface area contributed by atoms with Gasteiger partial charge in [0.15, 0.2) is 0 Å². The molecule has 1 aliphatic heterocycles. The molecule has 0 aliphatic carbocycles. The maximum Gasteiger partial charge on any atom is 0.263 e. The summed E-state index contributed by atoms with van der Waals surface area (Å²) in [6.45, 7) is 3.58. The highest BCUT2D eigenvalue weighted by Crippen LogP contribution is 2.28. The molecule has 2 heterocycles. The van der Waals surface area contributed by atoms with Crippen LogP contribution < -0.4 is 5.73 Å². The van der Waals surface area contributed by atoms with E-state index in [1.807, 2.05) is 17.9 Å². The van der Waals surface area contributed by atoms with Gasteiger partial charge in [0.2, 0.25) is 0 Å². The van der Waals surface area contributed by atoms with Crippen LogP contribution in [0.3, 0.4) is 0 Å². The predicted octanol–water partition coefficient (Wildman–Crippen LogP) is 2.38. The maximum atomic E-state index is 12.1. The van der Waals surface area contributed by atoms with E-state index in [-0.39, 0.29) is 11.9 Å². The number of aryl methyl sites for hydroxylation is 1. The first-order valence-electron chi connectivity index (χ1n) is 5.38. The summed E-state index contributed by atoms with van der Waals surface area (Å²) in [6.07, 6.45) is 1.83. The van der Waals surface area contributed by atoms with Gasteiger partial charge in [0.05, 0.1) is 8.66 Å². The lowest BCUT2D eigenvalue weighted by Crippen LogP contribution is -2.42. The fourth-order valence-corrected chi connectivity index (χ4v) is 3.33. The molecule has 0 aromatic carbocycles. The van der Waals surface area contributed by atoms with E-state index in [4.69, 9.17) is 5.73 Å². The van der Waals surface area contributed by atoms with Gasteiger partial charge in [-0.05, 0) is 47.3 Å². The van der Waals surface area contributed by atoms with Crippen molar-refractivity contribution in [2.75, 3.05) is 13.1 Å². The summed E-state index contributed by atoms with van der Waals surface area (Å²) in [5.41, 5.74) is 6.95. The third-order valence-electron chi connectivity index (χ3n) is 2.89.